The van der Waals surface area contributed by atoms with Gasteiger partial charge >= 0.3 is 0 Å². The van der Waals surface area contributed by atoms with E-state index in [9.17, 15) is 4.79 Å². The van der Waals surface area contributed by atoms with E-state index in [-0.39, 0.29) is 5.91 Å². The summed E-state index contributed by atoms with van der Waals surface area (Å²) in [5, 5.41) is 0.910. The number of carbonyl (C=O) groups excluding carboxylic acids is 1. The number of nitrogens with zero attached hydrogens (tertiary/aromatic N) is 1. The van der Waals surface area contributed by atoms with Crippen molar-refractivity contribution in [3.8, 4) is 0 Å². The minimum atomic E-state index is 0.0489. The molecule has 1 aromatic heterocycles. The molecule has 1 heterocycles. The molecule has 0 aromatic carbocycles. The summed E-state index contributed by atoms with van der Waals surface area (Å²) in [5.41, 5.74) is 1.67. The lowest BCUT2D eigenvalue weighted by molar-refractivity contribution is 0.0793. The molecule has 0 saturated heterocycles. The molecule has 16 heavy (non-hydrogen) atoms. The highest BCUT2D eigenvalue weighted by molar-refractivity contribution is 9.09. The molecule has 3 nitrogen and oxygen atoms in total. The van der Waals surface area contributed by atoms with Crippen molar-refractivity contribution >= 4 is 21.8 Å². The average molecular weight is 288 g/mol. The van der Waals surface area contributed by atoms with E-state index in [4.69, 9.17) is 4.42 Å². The van der Waals surface area contributed by atoms with E-state index in [1.807, 2.05) is 27.8 Å². The highest BCUT2D eigenvalue weighted by Crippen LogP contribution is 2.21. The highest BCUT2D eigenvalue weighted by Gasteiger charge is 2.21. The van der Waals surface area contributed by atoms with E-state index in [1.165, 1.54) is 0 Å². The van der Waals surface area contributed by atoms with Gasteiger partial charge in [-0.25, -0.2) is 0 Å². The van der Waals surface area contributed by atoms with Crippen LogP contribution in [-0.2, 0) is 0 Å². The standard InChI is InChI=1S/C12H18BrNO2/c1-8-9(2)16-10(3)11(8)12(15)14(4)7-5-6-13/h5-7H2,1-4H3. The lowest BCUT2D eigenvalue weighted by Gasteiger charge is -2.16. The monoisotopic (exact) mass is 287 g/mol. The summed E-state index contributed by atoms with van der Waals surface area (Å²) in [6, 6.07) is 0. The lowest BCUT2D eigenvalue weighted by Crippen LogP contribution is -2.28. The second-order valence-corrected chi connectivity index (χ2v) is 4.78. The molecule has 0 radical (unpaired) electrons. The van der Waals surface area contributed by atoms with E-state index < -0.39 is 0 Å². The molecule has 0 bridgehead atoms. The van der Waals surface area contributed by atoms with Gasteiger partial charge in [-0.1, -0.05) is 15.9 Å². The topological polar surface area (TPSA) is 33.5 Å². The summed E-state index contributed by atoms with van der Waals surface area (Å²) in [4.78, 5) is 13.9. The van der Waals surface area contributed by atoms with E-state index in [0.29, 0.717) is 5.76 Å². The van der Waals surface area contributed by atoms with Gasteiger partial charge in [0, 0.05) is 24.5 Å². The number of halogens is 1. The van der Waals surface area contributed by atoms with Gasteiger partial charge in [-0.2, -0.15) is 0 Å². The summed E-state index contributed by atoms with van der Waals surface area (Å²) in [7, 11) is 1.83. The number of furan rings is 1. The quantitative estimate of drug-likeness (QED) is 0.798. The zero-order chi connectivity index (χ0) is 12.3. The summed E-state index contributed by atoms with van der Waals surface area (Å²) in [5.74, 6) is 1.59. The Morgan fingerprint density at radius 3 is 2.38 bits per heavy atom. The maximum atomic E-state index is 12.2. The normalized spacial score (nSPS) is 10.6. The van der Waals surface area contributed by atoms with Crippen LogP contribution in [0.15, 0.2) is 4.42 Å². The van der Waals surface area contributed by atoms with Crippen LogP contribution in [0.2, 0.25) is 0 Å². The van der Waals surface area contributed by atoms with Crippen molar-refractivity contribution in [2.24, 2.45) is 0 Å². The van der Waals surface area contributed by atoms with Gasteiger partial charge in [0.1, 0.15) is 11.5 Å². The Kier molecular flexibility index (Phi) is 4.59. The highest BCUT2D eigenvalue weighted by atomic mass is 79.9. The van der Waals surface area contributed by atoms with Crippen LogP contribution in [0.25, 0.3) is 0 Å². The van der Waals surface area contributed by atoms with Gasteiger partial charge < -0.3 is 9.32 Å². The summed E-state index contributed by atoms with van der Waals surface area (Å²) in [6.07, 6.45) is 0.956. The first kappa shape index (κ1) is 13.3. The molecule has 0 fully saturated rings. The van der Waals surface area contributed by atoms with Crippen molar-refractivity contribution in [3.63, 3.8) is 0 Å². The van der Waals surface area contributed by atoms with Crippen LogP contribution in [0.5, 0.6) is 0 Å². The van der Waals surface area contributed by atoms with Crippen molar-refractivity contribution < 1.29 is 9.21 Å². The zero-order valence-corrected chi connectivity index (χ0v) is 11.8. The number of aryl methyl sites for hydroxylation is 2. The van der Waals surface area contributed by atoms with E-state index in [1.54, 1.807) is 4.90 Å². The molecule has 0 aliphatic carbocycles. The summed E-state index contributed by atoms with van der Waals surface area (Å²) >= 11 is 3.36. The van der Waals surface area contributed by atoms with Gasteiger partial charge in [-0.05, 0) is 27.2 Å². The molecule has 90 valence electrons. The van der Waals surface area contributed by atoms with Gasteiger partial charge in [-0.15, -0.1) is 0 Å². The molecule has 1 rings (SSSR count). The van der Waals surface area contributed by atoms with Crippen molar-refractivity contribution in [1.29, 1.82) is 0 Å². The Morgan fingerprint density at radius 2 is 1.94 bits per heavy atom. The van der Waals surface area contributed by atoms with E-state index >= 15 is 0 Å². The number of hydrogen-bond donors (Lipinski definition) is 0. The smallest absolute Gasteiger partial charge is 0.257 e. The Hall–Kier alpha value is -0.770. The van der Waals surface area contributed by atoms with Crippen molar-refractivity contribution in [1.82, 2.24) is 4.90 Å². The largest absolute Gasteiger partial charge is 0.466 e. The van der Waals surface area contributed by atoms with Crippen LogP contribution in [0.4, 0.5) is 0 Å². The summed E-state index contributed by atoms with van der Waals surface area (Å²) < 4.78 is 5.46. The van der Waals surface area contributed by atoms with Crippen LogP contribution in [0, 0.1) is 20.8 Å². The van der Waals surface area contributed by atoms with E-state index in [2.05, 4.69) is 15.9 Å². The van der Waals surface area contributed by atoms with Crippen LogP contribution in [-0.4, -0.2) is 29.7 Å². The maximum absolute atomic E-state index is 12.2. The summed E-state index contributed by atoms with van der Waals surface area (Å²) in [6.45, 7) is 6.41. The Bertz CT molecular complexity index is 385. The lowest BCUT2D eigenvalue weighted by atomic mass is 10.1. The van der Waals surface area contributed by atoms with Gasteiger partial charge in [0.15, 0.2) is 0 Å². The van der Waals surface area contributed by atoms with E-state index in [0.717, 1.165) is 35.2 Å². The first-order valence-corrected chi connectivity index (χ1v) is 6.49. The number of amides is 1. The number of rotatable bonds is 4. The van der Waals surface area contributed by atoms with Crippen molar-refractivity contribution in [2.75, 3.05) is 18.9 Å². The second-order valence-electron chi connectivity index (χ2n) is 3.98. The third kappa shape index (κ3) is 2.67. The third-order valence-corrected chi connectivity index (χ3v) is 3.31. The molecule has 4 heteroatoms. The van der Waals surface area contributed by atoms with Crippen LogP contribution < -0.4 is 0 Å². The molecule has 0 aliphatic rings. The Labute approximate surface area is 105 Å². The minimum Gasteiger partial charge on any atom is -0.466 e. The molecule has 0 unspecified atom stereocenters. The molecule has 1 aromatic rings. The number of carbonyl (C=O) groups is 1. The molecular weight excluding hydrogens is 270 g/mol. The molecule has 0 N–H and O–H groups in total. The number of hydrogen-bond acceptors (Lipinski definition) is 2. The minimum absolute atomic E-state index is 0.0489. The fourth-order valence-electron chi connectivity index (χ4n) is 1.70. The van der Waals surface area contributed by atoms with Gasteiger partial charge in [0.05, 0.1) is 5.56 Å². The SMILES string of the molecule is Cc1oc(C)c(C(=O)N(C)CCCBr)c1C. The average Bonchev–Trinajstić information content (AvgIpc) is 2.49. The third-order valence-electron chi connectivity index (χ3n) is 2.75. The van der Waals surface area contributed by atoms with Crippen LogP contribution in [0.1, 0.15) is 33.9 Å². The fraction of sp³-hybridized carbons (Fsp3) is 0.583. The maximum Gasteiger partial charge on any atom is 0.257 e. The van der Waals surface area contributed by atoms with Crippen molar-refractivity contribution in [3.05, 3.63) is 22.6 Å². The van der Waals surface area contributed by atoms with Gasteiger partial charge in [-0.3, -0.25) is 4.79 Å². The fourth-order valence-corrected chi connectivity index (χ4v) is 1.95. The predicted molar refractivity (Wildman–Crippen MR) is 68.3 cm³/mol. The Balaban J connectivity index is 2.87. The zero-order valence-electron chi connectivity index (χ0n) is 10.3. The van der Waals surface area contributed by atoms with Gasteiger partial charge in [0.2, 0.25) is 0 Å². The molecule has 0 atom stereocenters. The van der Waals surface area contributed by atoms with Crippen molar-refractivity contribution in [2.45, 2.75) is 27.2 Å². The Morgan fingerprint density at radius 1 is 1.31 bits per heavy atom. The predicted octanol–water partition coefficient (Wildman–Crippen LogP) is 3.06. The number of alkyl halides is 1. The van der Waals surface area contributed by atoms with Gasteiger partial charge in [0.25, 0.3) is 5.91 Å². The molecule has 0 aliphatic heterocycles. The molecule has 1 amide bonds. The second kappa shape index (κ2) is 5.53. The van der Waals surface area contributed by atoms with Crippen LogP contribution in [0.3, 0.4) is 0 Å². The first-order chi connectivity index (χ1) is 7.49. The molecule has 0 saturated carbocycles. The molecule has 0 spiro atoms. The van der Waals surface area contributed by atoms with Crippen LogP contribution >= 0.6 is 15.9 Å². The first-order valence-electron chi connectivity index (χ1n) is 5.37. The molecular formula is C12H18BrNO2.